The van der Waals surface area contributed by atoms with E-state index in [1.807, 2.05) is 0 Å². The molecule has 1 aliphatic heterocycles. The number of nitrogens with two attached hydrogens (primary N) is 1. The van der Waals surface area contributed by atoms with E-state index >= 15 is 0 Å². The summed E-state index contributed by atoms with van der Waals surface area (Å²) < 4.78 is 0. The van der Waals surface area contributed by atoms with Crippen LogP contribution in [-0.4, -0.2) is 24.2 Å². The van der Waals surface area contributed by atoms with E-state index in [0.717, 1.165) is 50.8 Å². The lowest BCUT2D eigenvalue weighted by atomic mass is 9.99. The third-order valence-corrected chi connectivity index (χ3v) is 4.25. The quantitative estimate of drug-likeness (QED) is 0.366. The van der Waals surface area contributed by atoms with Gasteiger partial charge in [0.25, 0.3) is 0 Å². The minimum Gasteiger partial charge on any atom is -0.368 e. The zero-order chi connectivity index (χ0) is 15.9. The number of nitrogens with one attached hydrogen (secondary N) is 2. The molecule has 4 N–H and O–H groups in total. The molecule has 120 valence electrons. The fourth-order valence-electron chi connectivity index (χ4n) is 2.85. The Morgan fingerprint density at radius 1 is 1.50 bits per heavy atom. The van der Waals surface area contributed by atoms with Crippen LogP contribution in [0, 0.1) is 11.3 Å². The fourth-order valence-corrected chi connectivity index (χ4v) is 2.85. The van der Waals surface area contributed by atoms with Gasteiger partial charge in [-0.25, -0.2) is 0 Å². The van der Waals surface area contributed by atoms with E-state index < -0.39 is 0 Å². The number of unbranched alkanes of at least 4 members (excludes halogenated alkanes) is 1. The van der Waals surface area contributed by atoms with E-state index in [9.17, 15) is 4.79 Å². The van der Waals surface area contributed by atoms with Crippen molar-refractivity contribution in [3.63, 3.8) is 0 Å². The van der Waals surface area contributed by atoms with Gasteiger partial charge in [-0.3, -0.25) is 4.79 Å². The molecule has 1 amide bonds. The number of primary amides is 1. The van der Waals surface area contributed by atoms with Crippen LogP contribution in [0.25, 0.3) is 0 Å². The van der Waals surface area contributed by atoms with Crippen molar-refractivity contribution in [2.24, 2.45) is 11.7 Å². The van der Waals surface area contributed by atoms with E-state index in [1.165, 1.54) is 11.1 Å². The van der Waals surface area contributed by atoms with Crippen molar-refractivity contribution in [3.8, 4) is 0 Å². The maximum Gasteiger partial charge on any atom is 0.234 e. The van der Waals surface area contributed by atoms with E-state index in [0.29, 0.717) is 5.92 Å². The molecule has 0 bridgehead atoms. The van der Waals surface area contributed by atoms with Gasteiger partial charge in [-0.15, -0.1) is 0 Å². The Morgan fingerprint density at radius 3 is 2.95 bits per heavy atom. The molecule has 0 aromatic heterocycles. The van der Waals surface area contributed by atoms with Crippen molar-refractivity contribution in [2.75, 3.05) is 6.54 Å². The van der Waals surface area contributed by atoms with Gasteiger partial charge in [0.15, 0.2) is 0 Å². The third-order valence-electron chi connectivity index (χ3n) is 4.25. The van der Waals surface area contributed by atoms with E-state index in [2.05, 4.69) is 36.5 Å². The molecule has 0 radical (unpaired) electrons. The molecule has 22 heavy (non-hydrogen) atoms. The highest BCUT2D eigenvalue weighted by atomic mass is 16.1. The largest absolute Gasteiger partial charge is 0.368 e. The SMILES string of the molecule is CC1=C[C@@H](CCC/C=C/CC(=N)C2=CC2)CN[C@@H](C(N)=O)C1. The van der Waals surface area contributed by atoms with E-state index in [-0.39, 0.29) is 11.9 Å². The zero-order valence-corrected chi connectivity index (χ0v) is 13.4. The number of carbonyl (C=O) groups excluding carboxylic acids is 1. The lowest BCUT2D eigenvalue weighted by molar-refractivity contribution is -0.120. The Bertz CT molecular complexity index is 516. The summed E-state index contributed by atoms with van der Waals surface area (Å²) in [4.78, 5) is 11.3. The molecule has 0 aromatic carbocycles. The van der Waals surface area contributed by atoms with Gasteiger partial charge in [0.2, 0.25) is 5.91 Å². The van der Waals surface area contributed by atoms with Gasteiger partial charge in [-0.1, -0.05) is 29.9 Å². The first-order valence-corrected chi connectivity index (χ1v) is 8.18. The minimum absolute atomic E-state index is 0.219. The predicted molar refractivity (Wildman–Crippen MR) is 90.9 cm³/mol. The second-order valence-electron chi connectivity index (χ2n) is 6.36. The monoisotopic (exact) mass is 301 g/mol. The summed E-state index contributed by atoms with van der Waals surface area (Å²) in [5, 5.41) is 11.0. The molecule has 0 aromatic rings. The maximum absolute atomic E-state index is 11.3. The van der Waals surface area contributed by atoms with Crippen LogP contribution in [0.2, 0.25) is 0 Å². The number of allylic oxidation sites excluding steroid dienone is 4. The number of amides is 1. The van der Waals surface area contributed by atoms with Crippen LogP contribution < -0.4 is 11.1 Å². The lowest BCUT2D eigenvalue weighted by Crippen LogP contribution is -2.42. The number of carbonyl (C=O) groups is 1. The van der Waals surface area contributed by atoms with Crippen LogP contribution >= 0.6 is 0 Å². The predicted octanol–water partition coefficient (Wildman–Crippen LogP) is 2.86. The smallest absolute Gasteiger partial charge is 0.234 e. The van der Waals surface area contributed by atoms with Crippen LogP contribution in [0.1, 0.15) is 45.4 Å². The molecule has 0 saturated heterocycles. The molecule has 1 heterocycles. The molecule has 0 unspecified atom stereocenters. The second-order valence-corrected chi connectivity index (χ2v) is 6.36. The summed E-state index contributed by atoms with van der Waals surface area (Å²) in [7, 11) is 0. The van der Waals surface area contributed by atoms with Gasteiger partial charge in [0.1, 0.15) is 0 Å². The van der Waals surface area contributed by atoms with Gasteiger partial charge in [-0.2, -0.15) is 0 Å². The van der Waals surface area contributed by atoms with Crippen molar-refractivity contribution in [2.45, 2.75) is 51.5 Å². The Morgan fingerprint density at radius 2 is 2.27 bits per heavy atom. The molecule has 2 rings (SSSR count). The van der Waals surface area contributed by atoms with Crippen molar-refractivity contribution in [1.82, 2.24) is 5.32 Å². The average Bonchev–Trinajstić information content (AvgIpc) is 3.29. The first-order valence-electron chi connectivity index (χ1n) is 8.18. The van der Waals surface area contributed by atoms with Crippen LogP contribution in [0.4, 0.5) is 0 Å². The number of hydrogen-bond acceptors (Lipinski definition) is 3. The number of hydrogen-bond donors (Lipinski definition) is 3. The summed E-state index contributed by atoms with van der Waals surface area (Å²) in [5.41, 5.74) is 8.61. The average molecular weight is 301 g/mol. The zero-order valence-electron chi connectivity index (χ0n) is 13.4. The molecule has 0 saturated carbocycles. The van der Waals surface area contributed by atoms with Gasteiger partial charge in [0.05, 0.1) is 6.04 Å². The summed E-state index contributed by atoms with van der Waals surface area (Å²) in [6.07, 6.45) is 14.5. The summed E-state index contributed by atoms with van der Waals surface area (Å²) in [6, 6.07) is -0.219. The van der Waals surface area contributed by atoms with Crippen LogP contribution in [0.15, 0.2) is 35.5 Å². The normalized spacial score (nSPS) is 24.6. The van der Waals surface area contributed by atoms with Crippen molar-refractivity contribution in [3.05, 3.63) is 35.5 Å². The maximum atomic E-state index is 11.3. The van der Waals surface area contributed by atoms with Crippen molar-refractivity contribution < 1.29 is 4.79 Å². The number of rotatable bonds is 8. The van der Waals surface area contributed by atoms with Crippen molar-refractivity contribution >= 4 is 11.6 Å². The third kappa shape index (κ3) is 5.60. The van der Waals surface area contributed by atoms with Crippen molar-refractivity contribution in [1.29, 1.82) is 5.41 Å². The van der Waals surface area contributed by atoms with Gasteiger partial charge < -0.3 is 16.5 Å². The molecule has 4 heteroatoms. The lowest BCUT2D eigenvalue weighted by Gasteiger charge is -2.14. The van der Waals surface area contributed by atoms with Crippen LogP contribution in [-0.2, 0) is 4.79 Å². The first-order chi connectivity index (χ1) is 10.6. The van der Waals surface area contributed by atoms with Gasteiger partial charge in [-0.05, 0) is 50.5 Å². The minimum atomic E-state index is -0.260. The summed E-state index contributed by atoms with van der Waals surface area (Å²) >= 11 is 0. The highest BCUT2D eigenvalue weighted by molar-refractivity contribution is 6.02. The summed E-state index contributed by atoms with van der Waals surface area (Å²) in [6.45, 7) is 2.90. The van der Waals surface area contributed by atoms with E-state index in [4.69, 9.17) is 11.1 Å². The Hall–Kier alpha value is -1.68. The standard InChI is InChI=1S/C18H27N3O/c1-13-10-14(12-21-17(11-13)18(20)22)6-4-2-3-5-7-16(19)15-8-9-15/h3,5,8,10,14,17,19,21H,2,4,6-7,9,11-12H2,1H3,(H2,20,22)/b5-3+,19-16?/t14-,17-/m1/s1. The molecular formula is C18H27N3O. The summed E-state index contributed by atoms with van der Waals surface area (Å²) in [5.74, 6) is 0.220. The van der Waals surface area contributed by atoms with E-state index in [1.54, 1.807) is 0 Å². The van der Waals surface area contributed by atoms with Gasteiger partial charge >= 0.3 is 0 Å². The van der Waals surface area contributed by atoms with Gasteiger partial charge in [0, 0.05) is 18.7 Å². The Labute approximate surface area is 133 Å². The highest BCUT2D eigenvalue weighted by Gasteiger charge is 2.20. The van der Waals surface area contributed by atoms with Crippen LogP contribution in [0.3, 0.4) is 0 Å². The Balaban J connectivity index is 1.65. The first kappa shape index (κ1) is 16.7. The molecule has 1 aliphatic carbocycles. The highest BCUT2D eigenvalue weighted by Crippen LogP contribution is 2.21. The molecule has 0 fully saturated rings. The molecular weight excluding hydrogens is 274 g/mol. The molecule has 4 nitrogen and oxygen atoms in total. The molecule has 2 atom stereocenters. The Kier molecular flexibility index (Phi) is 6.13. The fraction of sp³-hybridized carbons (Fsp3) is 0.556. The molecule has 0 spiro atoms. The van der Waals surface area contributed by atoms with Crippen LogP contribution in [0.5, 0.6) is 0 Å². The molecule has 2 aliphatic rings. The second kappa shape index (κ2) is 8.08. The topological polar surface area (TPSA) is 79.0 Å².